The van der Waals surface area contributed by atoms with Crippen LogP contribution in [0.4, 0.5) is 0 Å². The van der Waals surface area contributed by atoms with Gasteiger partial charge in [-0.25, -0.2) is 4.79 Å². The number of carboxylic acid groups (broad SMARTS) is 2. The molecule has 0 saturated carbocycles. The first-order chi connectivity index (χ1) is 17.3. The molecule has 0 bridgehead atoms. The zero-order chi connectivity index (χ0) is 28.5. The number of hydrogen-bond donors (Lipinski definition) is 9. The molecule has 212 valence electrons. The van der Waals surface area contributed by atoms with E-state index in [1.165, 1.54) is 0 Å². The second-order valence-electron chi connectivity index (χ2n) is 9.09. The first kappa shape index (κ1) is 33.5. The molecular formula is C22H42N8O7. The highest BCUT2D eigenvalue weighted by molar-refractivity contribution is 5.95. The van der Waals surface area contributed by atoms with Crippen molar-refractivity contribution in [3.63, 3.8) is 0 Å². The van der Waals surface area contributed by atoms with Gasteiger partial charge in [-0.05, 0) is 44.6 Å². The minimum atomic E-state index is -1.59. The molecule has 0 rings (SSSR count). The smallest absolute Gasteiger partial charge is 0.326 e. The van der Waals surface area contributed by atoms with E-state index in [-0.39, 0.29) is 37.7 Å². The van der Waals surface area contributed by atoms with Gasteiger partial charge < -0.3 is 49.1 Å². The molecule has 13 N–H and O–H groups in total. The molecule has 0 aromatic rings. The lowest BCUT2D eigenvalue weighted by molar-refractivity contribution is -0.144. The Morgan fingerprint density at radius 3 is 1.89 bits per heavy atom. The van der Waals surface area contributed by atoms with E-state index in [1.54, 1.807) is 13.8 Å². The highest BCUT2D eigenvalue weighted by Crippen LogP contribution is 2.07. The zero-order valence-electron chi connectivity index (χ0n) is 21.4. The summed E-state index contributed by atoms with van der Waals surface area (Å²) in [6, 6.07) is -4.96. The van der Waals surface area contributed by atoms with Gasteiger partial charge in [0.15, 0.2) is 5.96 Å². The number of amides is 3. The maximum Gasteiger partial charge on any atom is 0.326 e. The molecule has 0 spiro atoms. The average Bonchev–Trinajstić information content (AvgIpc) is 2.79. The summed E-state index contributed by atoms with van der Waals surface area (Å²) >= 11 is 0. The van der Waals surface area contributed by atoms with Crippen LogP contribution in [0.1, 0.15) is 58.8 Å². The number of nitrogens with zero attached hydrogens (tertiary/aromatic N) is 1. The van der Waals surface area contributed by atoms with Crippen molar-refractivity contribution < 1.29 is 34.2 Å². The van der Waals surface area contributed by atoms with Crippen LogP contribution in [0.2, 0.25) is 0 Å². The van der Waals surface area contributed by atoms with Crippen molar-refractivity contribution in [2.24, 2.45) is 33.8 Å². The maximum absolute atomic E-state index is 13.0. The Kier molecular flexibility index (Phi) is 16.2. The van der Waals surface area contributed by atoms with E-state index >= 15 is 0 Å². The van der Waals surface area contributed by atoms with E-state index < -0.39 is 60.2 Å². The van der Waals surface area contributed by atoms with Crippen molar-refractivity contribution in [2.75, 3.05) is 13.1 Å². The Bertz CT molecular complexity index is 802. The molecule has 0 fully saturated rings. The quantitative estimate of drug-likeness (QED) is 0.0480. The van der Waals surface area contributed by atoms with Crippen LogP contribution in [-0.2, 0) is 24.0 Å². The Morgan fingerprint density at radius 1 is 0.811 bits per heavy atom. The van der Waals surface area contributed by atoms with Crippen molar-refractivity contribution in [3.8, 4) is 0 Å². The molecule has 0 saturated heterocycles. The fraction of sp³-hybridized carbons (Fsp3) is 0.727. The third-order valence-corrected chi connectivity index (χ3v) is 5.22. The van der Waals surface area contributed by atoms with Crippen LogP contribution in [0.15, 0.2) is 4.99 Å². The summed E-state index contributed by atoms with van der Waals surface area (Å²) in [4.78, 5) is 65.0. The van der Waals surface area contributed by atoms with Crippen molar-refractivity contribution in [1.82, 2.24) is 16.0 Å². The molecule has 37 heavy (non-hydrogen) atoms. The van der Waals surface area contributed by atoms with Crippen molar-refractivity contribution in [3.05, 3.63) is 0 Å². The average molecular weight is 531 g/mol. The second-order valence-corrected chi connectivity index (χ2v) is 9.09. The van der Waals surface area contributed by atoms with Gasteiger partial charge in [0.2, 0.25) is 17.7 Å². The molecule has 4 atom stereocenters. The summed E-state index contributed by atoms with van der Waals surface area (Å²) in [5, 5.41) is 25.7. The fourth-order valence-corrected chi connectivity index (χ4v) is 3.31. The normalized spacial score (nSPS) is 14.1. The topological polar surface area (TPSA) is 278 Å². The number of nitrogens with one attached hydrogen (secondary N) is 3. The molecule has 15 heteroatoms. The molecule has 0 radical (unpaired) electrons. The standard InChI is InChI=1S/C22H42N8O7/c1-12(2)10-16(21(36)37)30-20(35)15(11-17(31)32)29-19(34)14(7-5-9-27-22(25)26)28-18(33)13(24)6-3-4-8-23/h12-16H,3-11,23-24H2,1-2H3,(H,28,33)(H,29,34)(H,30,35)(H,31,32)(H,36,37)(H4,25,26,27). The summed E-state index contributed by atoms with van der Waals surface area (Å²) in [6.45, 7) is 4.11. The van der Waals surface area contributed by atoms with Gasteiger partial charge in [0.1, 0.15) is 18.1 Å². The lowest BCUT2D eigenvalue weighted by Crippen LogP contribution is -2.57. The third-order valence-electron chi connectivity index (χ3n) is 5.22. The van der Waals surface area contributed by atoms with Gasteiger partial charge in [-0.1, -0.05) is 20.3 Å². The highest BCUT2D eigenvalue weighted by atomic mass is 16.4. The lowest BCUT2D eigenvalue weighted by Gasteiger charge is -2.25. The van der Waals surface area contributed by atoms with E-state index in [0.29, 0.717) is 25.8 Å². The molecule has 0 aromatic heterocycles. The van der Waals surface area contributed by atoms with E-state index in [1.807, 2.05) is 0 Å². The van der Waals surface area contributed by atoms with Crippen molar-refractivity contribution in [2.45, 2.75) is 83.0 Å². The summed E-state index contributed by atoms with van der Waals surface area (Å²) in [6.07, 6.45) is 1.22. The molecule has 0 aromatic carbocycles. The van der Waals surface area contributed by atoms with Crippen LogP contribution in [0, 0.1) is 5.92 Å². The first-order valence-electron chi connectivity index (χ1n) is 12.1. The summed E-state index contributed by atoms with van der Waals surface area (Å²) in [5.41, 5.74) is 21.9. The van der Waals surface area contributed by atoms with Crippen LogP contribution in [0.5, 0.6) is 0 Å². The number of hydrogen-bond acceptors (Lipinski definition) is 8. The monoisotopic (exact) mass is 530 g/mol. The molecule has 15 nitrogen and oxygen atoms in total. The van der Waals surface area contributed by atoms with Crippen LogP contribution in [-0.4, -0.2) is 83.1 Å². The molecule has 4 unspecified atom stereocenters. The largest absolute Gasteiger partial charge is 0.481 e. The summed E-state index contributed by atoms with van der Waals surface area (Å²) in [5.74, 6) is -5.35. The molecule has 3 amide bonds. The minimum Gasteiger partial charge on any atom is -0.481 e. The van der Waals surface area contributed by atoms with E-state index in [4.69, 9.17) is 22.9 Å². The van der Waals surface area contributed by atoms with Gasteiger partial charge >= 0.3 is 11.9 Å². The number of rotatable bonds is 19. The Hall–Kier alpha value is -3.46. The highest BCUT2D eigenvalue weighted by Gasteiger charge is 2.31. The van der Waals surface area contributed by atoms with Crippen LogP contribution >= 0.6 is 0 Å². The van der Waals surface area contributed by atoms with E-state index in [2.05, 4.69) is 20.9 Å². The van der Waals surface area contributed by atoms with Crippen molar-refractivity contribution >= 4 is 35.6 Å². The predicted molar refractivity (Wildman–Crippen MR) is 136 cm³/mol. The zero-order valence-corrected chi connectivity index (χ0v) is 21.4. The molecule has 0 aliphatic rings. The number of nitrogens with two attached hydrogens (primary N) is 4. The van der Waals surface area contributed by atoms with Crippen LogP contribution < -0.4 is 38.9 Å². The number of carbonyl (C=O) groups is 5. The number of aliphatic carboxylic acids is 2. The predicted octanol–water partition coefficient (Wildman–Crippen LogP) is -2.44. The number of unbranched alkanes of at least 4 members (excludes halogenated alkanes) is 1. The SMILES string of the molecule is CC(C)CC(NC(=O)C(CC(=O)O)NC(=O)C(CCCN=C(N)N)NC(=O)C(N)CCCCN)C(=O)O. The third kappa shape index (κ3) is 15.3. The van der Waals surface area contributed by atoms with Gasteiger partial charge in [0, 0.05) is 6.54 Å². The Morgan fingerprint density at radius 2 is 1.38 bits per heavy atom. The lowest BCUT2D eigenvalue weighted by atomic mass is 10.0. The molecule has 0 aliphatic heterocycles. The van der Waals surface area contributed by atoms with Crippen molar-refractivity contribution in [1.29, 1.82) is 0 Å². The van der Waals surface area contributed by atoms with Crippen LogP contribution in [0.3, 0.4) is 0 Å². The van der Waals surface area contributed by atoms with E-state index in [9.17, 15) is 34.2 Å². The fourth-order valence-electron chi connectivity index (χ4n) is 3.31. The van der Waals surface area contributed by atoms with E-state index in [0.717, 1.165) is 0 Å². The van der Waals surface area contributed by atoms with Gasteiger partial charge in [0.25, 0.3) is 0 Å². The number of carboxylic acids is 2. The Labute approximate surface area is 216 Å². The summed E-state index contributed by atoms with van der Waals surface area (Å²) < 4.78 is 0. The molecular weight excluding hydrogens is 488 g/mol. The second kappa shape index (κ2) is 17.9. The Balaban J connectivity index is 5.59. The maximum atomic E-state index is 13.0. The minimum absolute atomic E-state index is 0.0520. The van der Waals surface area contributed by atoms with Gasteiger partial charge in [-0.2, -0.15) is 0 Å². The number of aliphatic imine (C=N–C) groups is 1. The van der Waals surface area contributed by atoms with Gasteiger partial charge in [-0.15, -0.1) is 0 Å². The first-order valence-corrected chi connectivity index (χ1v) is 12.1. The van der Waals surface area contributed by atoms with Gasteiger partial charge in [0.05, 0.1) is 12.5 Å². The summed E-state index contributed by atoms with van der Waals surface area (Å²) in [7, 11) is 0. The van der Waals surface area contributed by atoms with Gasteiger partial charge in [-0.3, -0.25) is 24.2 Å². The molecule has 0 aliphatic carbocycles. The number of guanidine groups is 1. The molecule has 0 heterocycles. The number of carbonyl (C=O) groups excluding carboxylic acids is 3. The van der Waals surface area contributed by atoms with Crippen LogP contribution in [0.25, 0.3) is 0 Å².